The van der Waals surface area contributed by atoms with Gasteiger partial charge in [-0.3, -0.25) is 0 Å². The van der Waals surface area contributed by atoms with Gasteiger partial charge in [-0.1, -0.05) is 0 Å². The van der Waals surface area contributed by atoms with Crippen molar-refractivity contribution in [1.29, 1.82) is 0 Å². The maximum Gasteiger partial charge on any atom is 0.319 e. The molecule has 0 saturated carbocycles. The molecule has 0 aliphatic rings. The number of aromatic nitrogens is 2. The van der Waals surface area contributed by atoms with Crippen LogP contribution < -0.4 is 10.6 Å². The summed E-state index contributed by atoms with van der Waals surface area (Å²) in [6.45, 7) is 0. The normalized spacial score (nSPS) is 11.0. The van der Waals surface area contributed by atoms with Crippen LogP contribution in [-0.4, -0.2) is 27.5 Å². The minimum absolute atomic E-state index is 0.0556. The number of fused-ring (bicyclic) bond motifs is 1. The molecule has 3 N–H and O–H groups in total. The number of benzene rings is 1. The molecule has 23 heavy (non-hydrogen) atoms. The molecule has 0 aliphatic carbocycles. The second kappa shape index (κ2) is 6.36. The molecule has 0 fully saturated rings. The first-order valence-electron chi connectivity index (χ1n) is 6.61. The number of phenols is 1. The summed E-state index contributed by atoms with van der Waals surface area (Å²) in [5, 5.41) is 24.4. The van der Waals surface area contributed by atoms with Crippen molar-refractivity contribution in [3.8, 4) is 5.75 Å². The molecule has 116 valence electrons. The fraction of sp³-hybridized carbons (Fsp3) is 0.0714. The number of nitrogens with one attached hydrogen (secondary N) is 2. The van der Waals surface area contributed by atoms with E-state index in [-0.39, 0.29) is 11.4 Å². The van der Waals surface area contributed by atoms with Crippen LogP contribution in [0.1, 0.15) is 0 Å². The van der Waals surface area contributed by atoms with Crippen LogP contribution >= 0.6 is 11.5 Å². The van der Waals surface area contributed by atoms with Gasteiger partial charge >= 0.3 is 6.03 Å². The van der Waals surface area contributed by atoms with Crippen LogP contribution in [0.5, 0.6) is 5.75 Å². The van der Waals surface area contributed by atoms with E-state index in [1.807, 2.05) is 12.1 Å². The fourth-order valence-corrected chi connectivity index (χ4v) is 2.47. The number of hydrogen-bond donors (Lipinski definition) is 3. The van der Waals surface area contributed by atoms with Gasteiger partial charge in [0.15, 0.2) is 10.6 Å². The summed E-state index contributed by atoms with van der Waals surface area (Å²) in [6, 6.07) is 7.79. The lowest BCUT2D eigenvalue weighted by molar-refractivity contribution is 0.254. The quantitative estimate of drug-likeness (QED) is 0.504. The van der Waals surface area contributed by atoms with Crippen LogP contribution in [-0.2, 0) is 0 Å². The summed E-state index contributed by atoms with van der Waals surface area (Å²) < 4.78 is 4.18. The minimum atomic E-state index is -0.436. The zero-order valence-electron chi connectivity index (χ0n) is 12.0. The predicted octanol–water partition coefficient (Wildman–Crippen LogP) is 3.56. The average molecular weight is 328 g/mol. The summed E-state index contributed by atoms with van der Waals surface area (Å²) >= 11 is 1.20. The van der Waals surface area contributed by atoms with Crippen LogP contribution in [0.3, 0.4) is 0 Å². The lowest BCUT2D eigenvalue weighted by Gasteiger charge is -2.06. The van der Waals surface area contributed by atoms with Crippen molar-refractivity contribution >= 4 is 45.0 Å². The van der Waals surface area contributed by atoms with Crippen LogP contribution in [0.25, 0.3) is 11.0 Å². The van der Waals surface area contributed by atoms with Crippen molar-refractivity contribution in [3.63, 3.8) is 0 Å². The van der Waals surface area contributed by atoms with Gasteiger partial charge < -0.3 is 15.7 Å². The molecular formula is C14H12N6O2S. The van der Waals surface area contributed by atoms with Gasteiger partial charge in [-0.15, -0.1) is 10.2 Å². The number of aromatic hydroxyl groups is 1. The third-order valence-electron chi connectivity index (χ3n) is 2.95. The van der Waals surface area contributed by atoms with Crippen molar-refractivity contribution in [2.45, 2.75) is 0 Å². The molecule has 8 nitrogen and oxygen atoms in total. The number of hydrogen-bond acceptors (Lipinski definition) is 7. The largest absolute Gasteiger partial charge is 0.506 e. The molecule has 3 aromatic rings. The Morgan fingerprint density at radius 3 is 3.00 bits per heavy atom. The number of phenolic OH excluding ortho intramolecular Hbond substituents is 1. The SMILES string of the molecule is CNC(=O)Nc1cc(N=Nc2snc3ncccc23)ccc1O. The first kappa shape index (κ1) is 14.9. The second-order valence-electron chi connectivity index (χ2n) is 4.47. The van der Waals surface area contributed by atoms with Gasteiger partial charge in [-0.2, -0.15) is 4.37 Å². The van der Waals surface area contributed by atoms with Crippen LogP contribution in [0.15, 0.2) is 46.8 Å². The van der Waals surface area contributed by atoms with Crippen molar-refractivity contribution < 1.29 is 9.90 Å². The Morgan fingerprint density at radius 2 is 2.17 bits per heavy atom. The molecule has 0 saturated heterocycles. The summed E-state index contributed by atoms with van der Waals surface area (Å²) in [6.07, 6.45) is 1.67. The monoisotopic (exact) mass is 328 g/mol. The molecule has 3 rings (SSSR count). The van der Waals surface area contributed by atoms with Gasteiger partial charge in [0.1, 0.15) is 5.75 Å². The molecule has 0 aliphatic heterocycles. The number of azo groups is 1. The van der Waals surface area contributed by atoms with Gasteiger partial charge in [0.2, 0.25) is 0 Å². The van der Waals surface area contributed by atoms with E-state index in [4.69, 9.17) is 0 Å². The van der Waals surface area contributed by atoms with E-state index < -0.39 is 6.03 Å². The van der Waals surface area contributed by atoms with Crippen LogP contribution in [0, 0.1) is 0 Å². The van der Waals surface area contributed by atoms with E-state index in [2.05, 4.69) is 30.2 Å². The lowest BCUT2D eigenvalue weighted by Crippen LogP contribution is -2.24. The third-order valence-corrected chi connectivity index (χ3v) is 3.69. The smallest absolute Gasteiger partial charge is 0.319 e. The molecule has 0 spiro atoms. The molecule has 1 aromatic carbocycles. The maximum atomic E-state index is 11.3. The zero-order valence-corrected chi connectivity index (χ0v) is 12.8. The van der Waals surface area contributed by atoms with Crippen LogP contribution in [0.2, 0.25) is 0 Å². The van der Waals surface area contributed by atoms with Gasteiger partial charge in [0.05, 0.1) is 16.8 Å². The Morgan fingerprint density at radius 1 is 1.30 bits per heavy atom. The Hall–Kier alpha value is -3.07. The van der Waals surface area contributed by atoms with Crippen LogP contribution in [0.4, 0.5) is 21.2 Å². The number of urea groups is 1. The third kappa shape index (κ3) is 3.24. The van der Waals surface area contributed by atoms with E-state index >= 15 is 0 Å². The molecule has 0 unspecified atom stereocenters. The minimum Gasteiger partial charge on any atom is -0.506 e. The van der Waals surface area contributed by atoms with E-state index in [1.165, 1.54) is 30.7 Å². The average Bonchev–Trinajstić information content (AvgIpc) is 2.98. The first-order chi connectivity index (χ1) is 11.2. The Balaban J connectivity index is 1.87. The number of nitrogens with zero attached hydrogens (tertiary/aromatic N) is 4. The highest BCUT2D eigenvalue weighted by molar-refractivity contribution is 7.11. The van der Waals surface area contributed by atoms with Gasteiger partial charge in [-0.05, 0) is 41.9 Å². The number of carbonyl (C=O) groups excluding carboxylic acids is 1. The summed E-state index contributed by atoms with van der Waals surface area (Å²) in [7, 11) is 1.48. The Labute approximate surface area is 135 Å². The van der Waals surface area contributed by atoms with Crippen molar-refractivity contribution in [3.05, 3.63) is 36.5 Å². The molecular weight excluding hydrogens is 316 g/mol. The molecule has 9 heteroatoms. The molecule has 0 bridgehead atoms. The second-order valence-corrected chi connectivity index (χ2v) is 5.22. The van der Waals surface area contributed by atoms with Gasteiger partial charge in [-0.25, -0.2) is 9.78 Å². The topological polar surface area (TPSA) is 112 Å². The molecule has 0 radical (unpaired) electrons. The number of pyridine rings is 1. The Kier molecular flexibility index (Phi) is 4.11. The highest BCUT2D eigenvalue weighted by Gasteiger charge is 2.07. The van der Waals surface area contributed by atoms with Crippen molar-refractivity contribution in [1.82, 2.24) is 14.7 Å². The number of carbonyl (C=O) groups is 1. The number of anilines is 1. The van der Waals surface area contributed by atoms with E-state index in [1.54, 1.807) is 12.3 Å². The molecule has 2 amide bonds. The van der Waals surface area contributed by atoms with E-state index in [9.17, 15) is 9.90 Å². The van der Waals surface area contributed by atoms with E-state index in [0.717, 1.165) is 5.39 Å². The van der Waals surface area contributed by atoms with Gasteiger partial charge in [0, 0.05) is 13.2 Å². The summed E-state index contributed by atoms with van der Waals surface area (Å²) in [5.41, 5.74) is 1.36. The maximum absolute atomic E-state index is 11.3. The molecule has 2 heterocycles. The lowest BCUT2D eigenvalue weighted by atomic mass is 10.2. The van der Waals surface area contributed by atoms with Crippen molar-refractivity contribution in [2.24, 2.45) is 10.2 Å². The standard InChI is InChI=1S/C14H12N6O2S/c1-15-14(22)17-10-7-8(4-5-11(10)21)18-19-13-9-3-2-6-16-12(9)20-23-13/h2-7,21H,1H3,(H2,15,17,22). The molecule has 2 aromatic heterocycles. The van der Waals surface area contributed by atoms with Gasteiger partial charge in [0.25, 0.3) is 0 Å². The highest BCUT2D eigenvalue weighted by Crippen LogP contribution is 2.32. The van der Waals surface area contributed by atoms with Crippen molar-refractivity contribution in [2.75, 3.05) is 12.4 Å². The van der Waals surface area contributed by atoms with E-state index in [0.29, 0.717) is 16.3 Å². The summed E-state index contributed by atoms with van der Waals surface area (Å²) in [5.74, 6) is -0.0556. The highest BCUT2D eigenvalue weighted by atomic mass is 32.1. The summed E-state index contributed by atoms with van der Waals surface area (Å²) in [4.78, 5) is 15.5. The Bertz CT molecular complexity index is 892. The predicted molar refractivity (Wildman–Crippen MR) is 87.8 cm³/mol. The zero-order chi connectivity index (χ0) is 16.2. The molecule has 0 atom stereocenters. The number of rotatable bonds is 3. The first-order valence-corrected chi connectivity index (χ1v) is 7.38. The number of amides is 2. The fourth-order valence-electron chi connectivity index (χ4n) is 1.82.